The topological polar surface area (TPSA) is 72.0 Å². The molecule has 124 valence electrons. The zero-order chi connectivity index (χ0) is 17.3. The molecule has 3 rings (SSSR count). The molecule has 0 spiro atoms. The molecule has 0 atom stereocenters. The van der Waals surface area contributed by atoms with Crippen molar-refractivity contribution in [2.75, 3.05) is 11.6 Å². The van der Waals surface area contributed by atoms with Gasteiger partial charge in [-0.15, -0.1) is 0 Å². The van der Waals surface area contributed by atoms with Crippen LogP contribution in [0.3, 0.4) is 0 Å². The molecule has 3 aromatic rings. The highest BCUT2D eigenvalue weighted by atomic mass is 35.5. The maximum atomic E-state index is 11.5. The molecule has 1 N–H and O–H groups in total. The van der Waals surface area contributed by atoms with Crippen LogP contribution in [-0.4, -0.2) is 24.6 Å². The van der Waals surface area contributed by atoms with Crippen LogP contribution < -0.4 is 5.32 Å². The number of anilines is 2. The normalized spacial score (nSPS) is 11.5. The first-order valence-electron chi connectivity index (χ1n) is 6.99. The SMILES string of the molecule is Cc1nc(Nc2ccc(Cl)nc2)sc1-c1ccc(S(C)(=O)=O)cc1. The summed E-state index contributed by atoms with van der Waals surface area (Å²) >= 11 is 7.27. The van der Waals surface area contributed by atoms with E-state index in [1.54, 1.807) is 36.5 Å². The van der Waals surface area contributed by atoms with Crippen LogP contribution >= 0.6 is 22.9 Å². The van der Waals surface area contributed by atoms with Gasteiger partial charge in [0, 0.05) is 6.26 Å². The predicted molar refractivity (Wildman–Crippen MR) is 97.9 cm³/mol. The molecule has 0 bridgehead atoms. The molecule has 0 saturated heterocycles. The molecule has 24 heavy (non-hydrogen) atoms. The average Bonchev–Trinajstić information content (AvgIpc) is 2.89. The Morgan fingerprint density at radius 1 is 1.12 bits per heavy atom. The largest absolute Gasteiger partial charge is 0.330 e. The molecule has 0 unspecified atom stereocenters. The number of aromatic nitrogens is 2. The Balaban J connectivity index is 1.87. The molecule has 0 aliphatic heterocycles. The van der Waals surface area contributed by atoms with Gasteiger partial charge < -0.3 is 5.32 Å². The number of benzene rings is 1. The quantitative estimate of drug-likeness (QED) is 0.683. The van der Waals surface area contributed by atoms with Gasteiger partial charge in [-0.2, -0.15) is 0 Å². The Kier molecular flexibility index (Phi) is 4.58. The van der Waals surface area contributed by atoms with E-state index < -0.39 is 9.84 Å². The lowest BCUT2D eigenvalue weighted by Gasteiger charge is -2.02. The Morgan fingerprint density at radius 3 is 2.42 bits per heavy atom. The van der Waals surface area contributed by atoms with Crippen molar-refractivity contribution in [3.8, 4) is 10.4 Å². The fraction of sp³-hybridized carbons (Fsp3) is 0.125. The van der Waals surface area contributed by atoms with Crippen molar-refractivity contribution in [1.82, 2.24) is 9.97 Å². The van der Waals surface area contributed by atoms with Crippen LogP contribution in [0.2, 0.25) is 5.15 Å². The molecule has 5 nitrogen and oxygen atoms in total. The third-order valence-electron chi connectivity index (χ3n) is 3.32. The number of thiazole rings is 1. The van der Waals surface area contributed by atoms with Crippen molar-refractivity contribution < 1.29 is 8.42 Å². The Hall–Kier alpha value is -1.96. The molecule has 0 radical (unpaired) electrons. The average molecular weight is 380 g/mol. The molecule has 0 aliphatic rings. The fourth-order valence-electron chi connectivity index (χ4n) is 2.14. The summed E-state index contributed by atoms with van der Waals surface area (Å²) < 4.78 is 23.1. The van der Waals surface area contributed by atoms with Crippen molar-refractivity contribution in [3.05, 3.63) is 53.4 Å². The van der Waals surface area contributed by atoms with Gasteiger partial charge in [-0.05, 0) is 36.8 Å². The number of aryl methyl sites for hydroxylation is 1. The number of rotatable bonds is 4. The summed E-state index contributed by atoms with van der Waals surface area (Å²) in [6.07, 6.45) is 2.84. The van der Waals surface area contributed by atoms with Gasteiger partial charge in [-0.3, -0.25) is 0 Å². The van der Waals surface area contributed by atoms with Crippen LogP contribution in [0.25, 0.3) is 10.4 Å². The summed E-state index contributed by atoms with van der Waals surface area (Å²) in [6.45, 7) is 1.92. The third kappa shape index (κ3) is 3.75. The van der Waals surface area contributed by atoms with Crippen molar-refractivity contribution in [2.45, 2.75) is 11.8 Å². The highest BCUT2D eigenvalue weighted by Crippen LogP contribution is 2.34. The molecule has 0 aliphatic carbocycles. The summed E-state index contributed by atoms with van der Waals surface area (Å²) in [5, 5.41) is 4.36. The number of halogens is 1. The van der Waals surface area contributed by atoms with E-state index >= 15 is 0 Å². The minimum atomic E-state index is -3.19. The zero-order valence-electron chi connectivity index (χ0n) is 12.9. The van der Waals surface area contributed by atoms with E-state index in [0.717, 1.165) is 27.0 Å². The van der Waals surface area contributed by atoms with Gasteiger partial charge in [0.05, 0.1) is 27.4 Å². The highest BCUT2D eigenvalue weighted by molar-refractivity contribution is 7.90. The smallest absolute Gasteiger partial charge is 0.188 e. The van der Waals surface area contributed by atoms with Gasteiger partial charge in [0.1, 0.15) is 5.15 Å². The minimum Gasteiger partial charge on any atom is -0.330 e. The summed E-state index contributed by atoms with van der Waals surface area (Å²) in [4.78, 5) is 9.81. The summed E-state index contributed by atoms with van der Waals surface area (Å²) in [7, 11) is -3.19. The maximum Gasteiger partial charge on any atom is 0.188 e. The van der Waals surface area contributed by atoms with Crippen LogP contribution in [0.1, 0.15) is 5.69 Å². The van der Waals surface area contributed by atoms with E-state index in [0.29, 0.717) is 10.0 Å². The highest BCUT2D eigenvalue weighted by Gasteiger charge is 2.12. The summed E-state index contributed by atoms with van der Waals surface area (Å²) in [5.41, 5.74) is 2.60. The van der Waals surface area contributed by atoms with E-state index in [1.165, 1.54) is 17.6 Å². The molecule has 0 fully saturated rings. The van der Waals surface area contributed by atoms with Crippen LogP contribution in [0.5, 0.6) is 0 Å². The lowest BCUT2D eigenvalue weighted by molar-refractivity contribution is 0.602. The Morgan fingerprint density at radius 2 is 1.83 bits per heavy atom. The zero-order valence-corrected chi connectivity index (χ0v) is 15.3. The fourth-order valence-corrected chi connectivity index (χ4v) is 3.88. The molecule has 2 heterocycles. The predicted octanol–water partition coefficient (Wildman–Crippen LogP) is 4.31. The first kappa shape index (κ1) is 16.9. The van der Waals surface area contributed by atoms with E-state index in [2.05, 4.69) is 15.3 Å². The van der Waals surface area contributed by atoms with Crippen LogP contribution in [0.15, 0.2) is 47.5 Å². The molecular formula is C16H14ClN3O2S2. The molecule has 8 heteroatoms. The first-order valence-corrected chi connectivity index (χ1v) is 10.1. The van der Waals surface area contributed by atoms with Gasteiger partial charge in [0.25, 0.3) is 0 Å². The van der Waals surface area contributed by atoms with Crippen molar-refractivity contribution in [3.63, 3.8) is 0 Å². The van der Waals surface area contributed by atoms with Gasteiger partial charge in [-0.25, -0.2) is 18.4 Å². The van der Waals surface area contributed by atoms with Crippen LogP contribution in [-0.2, 0) is 9.84 Å². The lowest BCUT2D eigenvalue weighted by Crippen LogP contribution is -1.96. The van der Waals surface area contributed by atoms with E-state index in [-0.39, 0.29) is 0 Å². The van der Waals surface area contributed by atoms with Gasteiger partial charge in [0.2, 0.25) is 0 Å². The van der Waals surface area contributed by atoms with Crippen LogP contribution in [0.4, 0.5) is 10.8 Å². The van der Waals surface area contributed by atoms with Gasteiger partial charge in [-0.1, -0.05) is 35.1 Å². The molecular weight excluding hydrogens is 366 g/mol. The second-order valence-electron chi connectivity index (χ2n) is 5.22. The molecule has 0 amide bonds. The number of nitrogens with one attached hydrogen (secondary N) is 1. The number of pyridine rings is 1. The Labute approximate surface area is 149 Å². The summed E-state index contributed by atoms with van der Waals surface area (Å²) in [5.74, 6) is 0. The molecule has 2 aromatic heterocycles. The number of sulfone groups is 1. The number of hydrogen-bond donors (Lipinski definition) is 1. The lowest BCUT2D eigenvalue weighted by atomic mass is 10.2. The van der Waals surface area contributed by atoms with Gasteiger partial charge >= 0.3 is 0 Å². The monoisotopic (exact) mass is 379 g/mol. The third-order valence-corrected chi connectivity index (χ3v) is 5.79. The number of nitrogens with zero attached hydrogens (tertiary/aromatic N) is 2. The van der Waals surface area contributed by atoms with Crippen LogP contribution in [0, 0.1) is 6.92 Å². The Bertz CT molecular complexity index is 966. The van der Waals surface area contributed by atoms with E-state index in [9.17, 15) is 8.42 Å². The van der Waals surface area contributed by atoms with E-state index in [1.807, 2.05) is 13.0 Å². The van der Waals surface area contributed by atoms with Crippen molar-refractivity contribution in [2.24, 2.45) is 0 Å². The standard InChI is InChI=1S/C16H14ClN3O2S2/c1-10-15(11-3-6-13(7-4-11)24(2,21)22)23-16(19-10)20-12-5-8-14(17)18-9-12/h3-9H,1-2H3,(H,19,20). The van der Waals surface area contributed by atoms with E-state index in [4.69, 9.17) is 11.6 Å². The molecule has 0 saturated carbocycles. The van der Waals surface area contributed by atoms with Crippen molar-refractivity contribution >= 4 is 43.6 Å². The molecule has 1 aromatic carbocycles. The maximum absolute atomic E-state index is 11.5. The second-order valence-corrected chi connectivity index (χ2v) is 8.63. The van der Waals surface area contributed by atoms with Crippen molar-refractivity contribution in [1.29, 1.82) is 0 Å². The summed E-state index contributed by atoms with van der Waals surface area (Å²) in [6, 6.07) is 10.3. The first-order chi connectivity index (χ1) is 11.3. The number of hydrogen-bond acceptors (Lipinski definition) is 6. The second kappa shape index (κ2) is 6.51. The van der Waals surface area contributed by atoms with Gasteiger partial charge in [0.15, 0.2) is 15.0 Å². The minimum absolute atomic E-state index is 0.305.